The van der Waals surface area contributed by atoms with E-state index in [1.54, 1.807) is 0 Å². The lowest BCUT2D eigenvalue weighted by molar-refractivity contribution is 0.661. The minimum absolute atomic E-state index is 0.112. The number of rotatable bonds is 4. The van der Waals surface area contributed by atoms with E-state index in [9.17, 15) is 0 Å². The van der Waals surface area contributed by atoms with E-state index in [4.69, 9.17) is 14.4 Å². The molecule has 0 saturated heterocycles. The number of fused-ring (bicyclic) bond motifs is 8. The average molecular weight is 691 g/mol. The molecule has 0 saturated carbocycles. The van der Waals surface area contributed by atoms with Crippen LogP contribution in [0.3, 0.4) is 0 Å². The van der Waals surface area contributed by atoms with Gasteiger partial charge in [0.05, 0.1) is 11.4 Å². The second-order valence-corrected chi connectivity index (χ2v) is 15.0. The standard InChI is InChI=1S/C51H34N2O/c1-51(2)42-23-11-21-38(48(42)40-26-32-15-6-8-17-34(32)28-43(40)51)36-19-10-20-37(25-36)44-30-45(53-50(52-44)31-13-4-3-5-14-31)39-22-12-24-46-49(39)41-27-33-16-7-9-18-35(33)29-47(41)54-46/h3-30H,1-2H3. The number of furan rings is 1. The summed E-state index contributed by atoms with van der Waals surface area (Å²) in [7, 11) is 0. The van der Waals surface area contributed by atoms with Crippen molar-refractivity contribution in [2.24, 2.45) is 0 Å². The van der Waals surface area contributed by atoms with Crippen molar-refractivity contribution in [3.8, 4) is 56.2 Å². The summed E-state index contributed by atoms with van der Waals surface area (Å²) in [4.78, 5) is 10.5. The molecule has 54 heavy (non-hydrogen) atoms. The zero-order valence-corrected chi connectivity index (χ0v) is 30.0. The van der Waals surface area contributed by atoms with Crippen molar-refractivity contribution in [3.05, 3.63) is 181 Å². The summed E-state index contributed by atoms with van der Waals surface area (Å²) in [5.74, 6) is 0.687. The Hall–Kier alpha value is -6.84. The molecule has 0 radical (unpaired) electrons. The van der Waals surface area contributed by atoms with Gasteiger partial charge in [-0.1, -0.05) is 141 Å². The molecule has 2 heterocycles. The van der Waals surface area contributed by atoms with E-state index in [-0.39, 0.29) is 5.41 Å². The highest BCUT2D eigenvalue weighted by Crippen LogP contribution is 2.53. The number of hydrogen-bond acceptors (Lipinski definition) is 3. The third-order valence-corrected chi connectivity index (χ3v) is 11.4. The first-order valence-corrected chi connectivity index (χ1v) is 18.6. The summed E-state index contributed by atoms with van der Waals surface area (Å²) in [5.41, 5.74) is 14.1. The summed E-state index contributed by atoms with van der Waals surface area (Å²) in [6, 6.07) is 60.6. The normalized spacial score (nSPS) is 13.1. The van der Waals surface area contributed by atoms with Crippen LogP contribution in [0.25, 0.3) is 99.6 Å². The van der Waals surface area contributed by atoms with Crippen molar-refractivity contribution in [2.45, 2.75) is 19.3 Å². The fraction of sp³-hybridized carbons (Fsp3) is 0.0588. The van der Waals surface area contributed by atoms with Crippen LogP contribution in [0.15, 0.2) is 174 Å². The lowest BCUT2D eigenvalue weighted by Crippen LogP contribution is -2.14. The van der Waals surface area contributed by atoms with Crippen LogP contribution in [-0.2, 0) is 5.41 Å². The Balaban J connectivity index is 1.11. The first kappa shape index (κ1) is 30.8. The van der Waals surface area contributed by atoms with E-state index in [0.717, 1.165) is 61.0 Å². The zero-order chi connectivity index (χ0) is 36.0. The van der Waals surface area contributed by atoms with Crippen LogP contribution < -0.4 is 0 Å². The van der Waals surface area contributed by atoms with Crippen molar-refractivity contribution < 1.29 is 4.42 Å². The molecule has 2 aromatic heterocycles. The molecule has 11 rings (SSSR count). The summed E-state index contributed by atoms with van der Waals surface area (Å²) >= 11 is 0. The molecule has 0 fully saturated rings. The van der Waals surface area contributed by atoms with Crippen molar-refractivity contribution in [2.75, 3.05) is 0 Å². The second kappa shape index (κ2) is 11.6. The number of hydrogen-bond donors (Lipinski definition) is 0. The largest absolute Gasteiger partial charge is 0.456 e. The van der Waals surface area contributed by atoms with Gasteiger partial charge in [0.15, 0.2) is 5.82 Å². The summed E-state index contributed by atoms with van der Waals surface area (Å²) in [6.45, 7) is 4.71. The number of nitrogens with zero attached hydrogens (tertiary/aromatic N) is 2. The maximum atomic E-state index is 6.47. The molecule has 0 N–H and O–H groups in total. The summed E-state index contributed by atoms with van der Waals surface area (Å²) < 4.78 is 6.47. The molecule has 3 nitrogen and oxygen atoms in total. The molecule has 8 aromatic carbocycles. The number of aromatic nitrogens is 2. The number of benzene rings is 8. The quantitative estimate of drug-likeness (QED) is 0.184. The zero-order valence-electron chi connectivity index (χ0n) is 30.0. The van der Waals surface area contributed by atoms with Crippen molar-refractivity contribution in [1.82, 2.24) is 9.97 Å². The molecule has 1 aliphatic rings. The maximum Gasteiger partial charge on any atom is 0.160 e. The van der Waals surface area contributed by atoms with Crippen LogP contribution in [-0.4, -0.2) is 9.97 Å². The molecular weight excluding hydrogens is 657 g/mol. The van der Waals surface area contributed by atoms with Gasteiger partial charge in [-0.2, -0.15) is 0 Å². The Labute approximate surface area is 313 Å². The molecule has 0 atom stereocenters. The molecule has 1 aliphatic carbocycles. The Morgan fingerprint density at radius 1 is 0.426 bits per heavy atom. The third kappa shape index (κ3) is 4.68. The fourth-order valence-corrected chi connectivity index (χ4v) is 8.73. The summed E-state index contributed by atoms with van der Waals surface area (Å²) in [6.07, 6.45) is 0. The molecule has 0 spiro atoms. The molecule has 254 valence electrons. The van der Waals surface area contributed by atoms with E-state index in [2.05, 4.69) is 159 Å². The molecular formula is C51H34N2O. The Kier molecular flexibility index (Phi) is 6.60. The van der Waals surface area contributed by atoms with Crippen LogP contribution in [0.4, 0.5) is 0 Å². The highest BCUT2D eigenvalue weighted by molar-refractivity contribution is 6.15. The van der Waals surface area contributed by atoms with Gasteiger partial charge in [-0.3, -0.25) is 0 Å². The third-order valence-electron chi connectivity index (χ3n) is 11.4. The van der Waals surface area contributed by atoms with E-state index in [1.165, 1.54) is 44.0 Å². The highest BCUT2D eigenvalue weighted by Gasteiger charge is 2.37. The van der Waals surface area contributed by atoms with Gasteiger partial charge in [0.2, 0.25) is 0 Å². The Morgan fingerprint density at radius 3 is 1.87 bits per heavy atom. The predicted octanol–water partition coefficient (Wildman–Crippen LogP) is 13.7. The SMILES string of the molecule is CC1(C)c2cc3ccccc3cc2-c2c(-c3cccc(-c4cc(-c5cccc6oc7cc8ccccc8cc7c56)nc(-c5ccccc5)n4)c3)cccc21. The minimum atomic E-state index is -0.112. The second-order valence-electron chi connectivity index (χ2n) is 15.0. The minimum Gasteiger partial charge on any atom is -0.456 e. The topological polar surface area (TPSA) is 38.9 Å². The lowest BCUT2D eigenvalue weighted by atomic mass is 9.81. The van der Waals surface area contributed by atoms with Crippen LogP contribution in [0.1, 0.15) is 25.0 Å². The smallest absolute Gasteiger partial charge is 0.160 e. The van der Waals surface area contributed by atoms with Gasteiger partial charge in [0, 0.05) is 32.9 Å². The highest BCUT2D eigenvalue weighted by atomic mass is 16.3. The van der Waals surface area contributed by atoms with Crippen molar-refractivity contribution >= 4 is 43.5 Å². The van der Waals surface area contributed by atoms with Gasteiger partial charge in [-0.15, -0.1) is 0 Å². The maximum absolute atomic E-state index is 6.47. The van der Waals surface area contributed by atoms with Gasteiger partial charge >= 0.3 is 0 Å². The molecule has 0 bridgehead atoms. The summed E-state index contributed by atoms with van der Waals surface area (Å²) in [5, 5.41) is 7.02. The molecule has 0 amide bonds. The molecule has 0 unspecified atom stereocenters. The molecule has 10 aromatic rings. The van der Waals surface area contributed by atoms with Gasteiger partial charge < -0.3 is 4.42 Å². The van der Waals surface area contributed by atoms with Gasteiger partial charge in [0.1, 0.15) is 11.2 Å². The first-order chi connectivity index (χ1) is 26.5. The first-order valence-electron chi connectivity index (χ1n) is 18.6. The lowest BCUT2D eigenvalue weighted by Gasteiger charge is -2.22. The molecule has 3 heteroatoms. The van der Waals surface area contributed by atoms with Crippen LogP contribution in [0, 0.1) is 0 Å². The van der Waals surface area contributed by atoms with Gasteiger partial charge in [0.25, 0.3) is 0 Å². The van der Waals surface area contributed by atoms with Crippen molar-refractivity contribution in [1.29, 1.82) is 0 Å². The van der Waals surface area contributed by atoms with E-state index >= 15 is 0 Å². The average Bonchev–Trinajstić information content (AvgIpc) is 3.70. The Morgan fingerprint density at radius 2 is 1.06 bits per heavy atom. The predicted molar refractivity (Wildman–Crippen MR) is 224 cm³/mol. The van der Waals surface area contributed by atoms with Crippen LogP contribution >= 0.6 is 0 Å². The van der Waals surface area contributed by atoms with Crippen LogP contribution in [0.2, 0.25) is 0 Å². The van der Waals surface area contributed by atoms with E-state index in [1.807, 2.05) is 24.3 Å². The van der Waals surface area contributed by atoms with E-state index in [0.29, 0.717) is 5.82 Å². The monoisotopic (exact) mass is 690 g/mol. The Bertz CT molecular complexity index is 3130. The van der Waals surface area contributed by atoms with E-state index < -0.39 is 0 Å². The van der Waals surface area contributed by atoms with Gasteiger partial charge in [-0.25, -0.2) is 9.97 Å². The van der Waals surface area contributed by atoms with Gasteiger partial charge in [-0.05, 0) is 97.4 Å². The fourth-order valence-electron chi connectivity index (χ4n) is 8.73. The van der Waals surface area contributed by atoms with Crippen LogP contribution in [0.5, 0.6) is 0 Å². The molecule has 0 aliphatic heterocycles. The van der Waals surface area contributed by atoms with Crippen molar-refractivity contribution in [3.63, 3.8) is 0 Å².